The first-order chi connectivity index (χ1) is 14.3. The summed E-state index contributed by atoms with van der Waals surface area (Å²) in [5.41, 5.74) is -0.0134. The highest BCUT2D eigenvalue weighted by molar-refractivity contribution is 5.26. The molecule has 9 atom stereocenters. The molecular formula is C27H46O4. The van der Waals surface area contributed by atoms with Gasteiger partial charge in [0.05, 0.1) is 23.4 Å². The van der Waals surface area contributed by atoms with Crippen LogP contribution in [-0.4, -0.2) is 43.8 Å². The van der Waals surface area contributed by atoms with Crippen molar-refractivity contribution in [1.82, 2.24) is 0 Å². The largest absolute Gasteiger partial charge is 0.393 e. The van der Waals surface area contributed by atoms with Gasteiger partial charge in [0.15, 0.2) is 0 Å². The lowest BCUT2D eigenvalue weighted by Gasteiger charge is -2.58. The van der Waals surface area contributed by atoms with E-state index in [1.165, 1.54) is 5.57 Å². The Labute approximate surface area is 189 Å². The first-order valence-electron chi connectivity index (χ1n) is 12.8. The molecule has 0 aromatic rings. The van der Waals surface area contributed by atoms with Crippen LogP contribution < -0.4 is 0 Å². The Morgan fingerprint density at radius 2 is 1.71 bits per heavy atom. The highest BCUT2D eigenvalue weighted by atomic mass is 16.3. The fourth-order valence-electron chi connectivity index (χ4n) is 8.81. The lowest BCUT2D eigenvalue weighted by Crippen LogP contribution is -2.54. The van der Waals surface area contributed by atoms with Crippen molar-refractivity contribution in [3.8, 4) is 0 Å². The Hall–Kier alpha value is -0.420. The third kappa shape index (κ3) is 4.05. The van der Waals surface area contributed by atoms with E-state index < -0.39 is 17.3 Å². The topological polar surface area (TPSA) is 80.9 Å². The van der Waals surface area contributed by atoms with Crippen LogP contribution in [0.25, 0.3) is 0 Å². The molecule has 0 aliphatic heterocycles. The van der Waals surface area contributed by atoms with Gasteiger partial charge in [-0.1, -0.05) is 25.5 Å². The van der Waals surface area contributed by atoms with Crippen molar-refractivity contribution >= 4 is 0 Å². The van der Waals surface area contributed by atoms with Gasteiger partial charge in [0.1, 0.15) is 0 Å². The average molecular weight is 435 g/mol. The zero-order valence-electron chi connectivity index (χ0n) is 20.4. The lowest BCUT2D eigenvalue weighted by molar-refractivity contribution is -0.124. The fraction of sp³-hybridized carbons (Fsp3) is 0.926. The van der Waals surface area contributed by atoms with Gasteiger partial charge in [-0.2, -0.15) is 0 Å². The quantitative estimate of drug-likeness (QED) is 0.477. The Morgan fingerprint density at radius 1 is 1.00 bits per heavy atom. The molecule has 4 rings (SSSR count). The number of hydrogen-bond acceptors (Lipinski definition) is 4. The normalized spacial score (nSPS) is 47.1. The number of fused-ring (bicyclic) bond motifs is 5. The van der Waals surface area contributed by atoms with Gasteiger partial charge in [-0.3, -0.25) is 0 Å². The van der Waals surface area contributed by atoms with Crippen LogP contribution in [0.15, 0.2) is 11.6 Å². The van der Waals surface area contributed by atoms with Gasteiger partial charge in [-0.15, -0.1) is 0 Å². The summed E-state index contributed by atoms with van der Waals surface area (Å²) < 4.78 is 0. The van der Waals surface area contributed by atoms with Crippen LogP contribution in [0.2, 0.25) is 0 Å². The van der Waals surface area contributed by atoms with Crippen molar-refractivity contribution in [2.24, 2.45) is 34.5 Å². The van der Waals surface area contributed by atoms with E-state index in [4.69, 9.17) is 0 Å². The maximum absolute atomic E-state index is 11.6. The molecule has 4 aliphatic rings. The molecule has 31 heavy (non-hydrogen) atoms. The first kappa shape index (κ1) is 23.7. The summed E-state index contributed by atoms with van der Waals surface area (Å²) in [5, 5.41) is 43.1. The highest BCUT2D eigenvalue weighted by Gasteiger charge is 2.64. The van der Waals surface area contributed by atoms with Crippen LogP contribution in [0, 0.1) is 34.5 Å². The van der Waals surface area contributed by atoms with Gasteiger partial charge in [-0.25, -0.2) is 0 Å². The Morgan fingerprint density at radius 3 is 2.39 bits per heavy atom. The molecule has 4 aliphatic carbocycles. The molecule has 4 nitrogen and oxygen atoms in total. The van der Waals surface area contributed by atoms with Crippen molar-refractivity contribution in [3.63, 3.8) is 0 Å². The number of rotatable bonds is 5. The maximum Gasteiger partial charge on any atom is 0.0677 e. The molecule has 4 N–H and O–H groups in total. The molecule has 0 aromatic heterocycles. The van der Waals surface area contributed by atoms with E-state index in [1.54, 1.807) is 0 Å². The predicted octanol–water partition coefficient (Wildman–Crippen LogP) is 4.59. The molecule has 0 saturated heterocycles. The van der Waals surface area contributed by atoms with E-state index in [0.717, 1.165) is 51.4 Å². The van der Waals surface area contributed by atoms with Crippen molar-refractivity contribution < 1.29 is 20.4 Å². The summed E-state index contributed by atoms with van der Waals surface area (Å²) in [6.07, 6.45) is 10.7. The Bertz CT molecular complexity index is 707. The maximum atomic E-state index is 11.6. The molecule has 4 heteroatoms. The van der Waals surface area contributed by atoms with Gasteiger partial charge in [0.2, 0.25) is 0 Å². The van der Waals surface area contributed by atoms with E-state index >= 15 is 0 Å². The van der Waals surface area contributed by atoms with E-state index in [1.807, 2.05) is 20.8 Å². The molecule has 0 radical (unpaired) electrons. The van der Waals surface area contributed by atoms with Crippen LogP contribution in [0.1, 0.15) is 98.8 Å². The van der Waals surface area contributed by atoms with Crippen LogP contribution in [0.5, 0.6) is 0 Å². The van der Waals surface area contributed by atoms with Crippen molar-refractivity contribution in [2.45, 2.75) is 122 Å². The third-order valence-corrected chi connectivity index (χ3v) is 10.2. The molecule has 0 aromatic carbocycles. The molecule has 0 bridgehead atoms. The third-order valence-electron chi connectivity index (χ3n) is 10.2. The van der Waals surface area contributed by atoms with Crippen LogP contribution in [0.4, 0.5) is 0 Å². The second-order valence-electron chi connectivity index (χ2n) is 13.0. The van der Waals surface area contributed by atoms with Gasteiger partial charge in [0.25, 0.3) is 0 Å². The first-order valence-corrected chi connectivity index (χ1v) is 12.8. The molecular weight excluding hydrogens is 388 g/mol. The second kappa shape index (κ2) is 7.82. The minimum atomic E-state index is -0.921. The van der Waals surface area contributed by atoms with Crippen LogP contribution in [-0.2, 0) is 0 Å². The number of aliphatic hydroxyl groups excluding tert-OH is 2. The molecule has 3 fully saturated rings. The van der Waals surface area contributed by atoms with Gasteiger partial charge in [-0.05, 0) is 114 Å². The minimum Gasteiger partial charge on any atom is -0.393 e. The van der Waals surface area contributed by atoms with Gasteiger partial charge >= 0.3 is 0 Å². The van der Waals surface area contributed by atoms with E-state index in [-0.39, 0.29) is 22.9 Å². The SMILES string of the molecule is CC(C)(O)CCC[C@](C)(O)[C@H]1[C@@H](O)C[C@H]2[C@@H]3CC=C4C[C@@H](O)CC[C@]4(C)[C@H]3CC[C@@]21C. The summed E-state index contributed by atoms with van der Waals surface area (Å²) >= 11 is 0. The fourth-order valence-corrected chi connectivity index (χ4v) is 8.81. The van der Waals surface area contributed by atoms with Gasteiger partial charge < -0.3 is 20.4 Å². The number of allylic oxidation sites excluding steroid dienone is 1. The van der Waals surface area contributed by atoms with Crippen LogP contribution >= 0.6 is 0 Å². The zero-order valence-corrected chi connectivity index (χ0v) is 20.4. The van der Waals surface area contributed by atoms with E-state index in [0.29, 0.717) is 30.6 Å². The summed E-state index contributed by atoms with van der Waals surface area (Å²) in [5.74, 6) is 1.52. The van der Waals surface area contributed by atoms with E-state index in [2.05, 4.69) is 19.9 Å². The smallest absolute Gasteiger partial charge is 0.0677 e. The lowest BCUT2D eigenvalue weighted by atomic mass is 9.46. The van der Waals surface area contributed by atoms with Gasteiger partial charge in [0, 0.05) is 5.92 Å². The highest BCUT2D eigenvalue weighted by Crippen LogP contribution is 2.67. The van der Waals surface area contributed by atoms with Crippen LogP contribution in [0.3, 0.4) is 0 Å². The number of aliphatic hydroxyl groups is 4. The second-order valence-corrected chi connectivity index (χ2v) is 13.0. The standard InChI is InChI=1S/C27H46O4/c1-24(2,30)11-6-12-27(5,31)23-22(29)16-21-19-8-7-17-15-18(28)9-13-25(17,3)20(19)10-14-26(21,23)4/h7,18-23,28-31H,6,8-16H2,1-5H3/t18-,19+,20-,21-,22-,23-,25-,26-,27-/m0/s1. The molecule has 0 spiro atoms. The Kier molecular flexibility index (Phi) is 5.99. The molecule has 0 heterocycles. The molecule has 3 saturated carbocycles. The summed E-state index contributed by atoms with van der Waals surface area (Å²) in [6.45, 7) is 10.3. The van der Waals surface area contributed by atoms with Crippen molar-refractivity contribution in [3.05, 3.63) is 11.6 Å². The number of hydrogen-bond donors (Lipinski definition) is 4. The summed E-state index contributed by atoms with van der Waals surface area (Å²) in [4.78, 5) is 0. The molecule has 0 unspecified atom stereocenters. The van der Waals surface area contributed by atoms with Crippen molar-refractivity contribution in [1.29, 1.82) is 0 Å². The predicted molar refractivity (Wildman–Crippen MR) is 123 cm³/mol. The summed E-state index contributed by atoms with van der Waals surface area (Å²) in [6, 6.07) is 0. The van der Waals surface area contributed by atoms with E-state index in [9.17, 15) is 20.4 Å². The zero-order chi connectivity index (χ0) is 22.8. The molecule has 0 amide bonds. The average Bonchev–Trinajstić information content (AvgIpc) is 2.92. The monoisotopic (exact) mass is 434 g/mol. The van der Waals surface area contributed by atoms with Crippen molar-refractivity contribution in [2.75, 3.05) is 0 Å². The summed E-state index contributed by atoms with van der Waals surface area (Å²) in [7, 11) is 0. The Balaban J connectivity index is 1.56. The molecule has 178 valence electrons. The minimum absolute atomic E-state index is 0.0469.